The Hall–Kier alpha value is -2.66. The molecule has 1 fully saturated rings. The van der Waals surface area contributed by atoms with Gasteiger partial charge in [0.2, 0.25) is 5.91 Å². The van der Waals surface area contributed by atoms with E-state index in [0.29, 0.717) is 31.6 Å². The summed E-state index contributed by atoms with van der Waals surface area (Å²) in [6.07, 6.45) is 1.17. The molecule has 1 heterocycles. The van der Waals surface area contributed by atoms with E-state index < -0.39 is 5.41 Å². The van der Waals surface area contributed by atoms with Gasteiger partial charge in [0.25, 0.3) is 5.91 Å². The van der Waals surface area contributed by atoms with E-state index in [1.54, 1.807) is 12.1 Å². The van der Waals surface area contributed by atoms with Crippen LogP contribution in [0.1, 0.15) is 34.3 Å². The van der Waals surface area contributed by atoms with Crippen LogP contribution in [-0.4, -0.2) is 25.0 Å². The highest BCUT2D eigenvalue weighted by molar-refractivity contribution is 5.97. The van der Waals surface area contributed by atoms with Gasteiger partial charge in [-0.05, 0) is 37.0 Å². The monoisotopic (exact) mass is 338 g/mol. The molecule has 1 aliphatic rings. The van der Waals surface area contributed by atoms with Crippen LogP contribution >= 0.6 is 0 Å². The summed E-state index contributed by atoms with van der Waals surface area (Å²) < 4.78 is 5.44. The summed E-state index contributed by atoms with van der Waals surface area (Å²) in [5.74, 6) is -0.523. The van der Waals surface area contributed by atoms with Gasteiger partial charge in [-0.15, -0.1) is 0 Å². The zero-order valence-corrected chi connectivity index (χ0v) is 14.2. The van der Waals surface area contributed by atoms with Crippen LogP contribution < -0.4 is 10.9 Å². The average Bonchev–Trinajstić information content (AvgIpc) is 2.67. The van der Waals surface area contributed by atoms with Gasteiger partial charge in [-0.25, -0.2) is 0 Å². The third-order valence-electron chi connectivity index (χ3n) is 4.79. The molecule has 5 heteroatoms. The summed E-state index contributed by atoms with van der Waals surface area (Å²) in [5, 5.41) is 0. The molecule has 0 aliphatic carbocycles. The van der Waals surface area contributed by atoms with E-state index in [9.17, 15) is 9.59 Å². The zero-order valence-electron chi connectivity index (χ0n) is 14.2. The van der Waals surface area contributed by atoms with E-state index >= 15 is 0 Å². The first kappa shape index (κ1) is 17.2. The molecule has 2 amide bonds. The van der Waals surface area contributed by atoms with E-state index in [-0.39, 0.29) is 11.8 Å². The Morgan fingerprint density at radius 2 is 1.56 bits per heavy atom. The molecule has 5 nitrogen and oxygen atoms in total. The van der Waals surface area contributed by atoms with Crippen LogP contribution in [-0.2, 0) is 14.9 Å². The Labute approximate surface area is 147 Å². The molecule has 0 aromatic heterocycles. The van der Waals surface area contributed by atoms with Crippen molar-refractivity contribution in [1.82, 2.24) is 10.9 Å². The second-order valence-electron chi connectivity index (χ2n) is 6.28. The fraction of sp³-hybridized carbons (Fsp3) is 0.300. The first-order valence-corrected chi connectivity index (χ1v) is 8.43. The smallest absolute Gasteiger partial charge is 0.269 e. The SMILES string of the molecule is Cc1ccccc1C(=O)NNC(=O)C1(c2ccccc2)CCOCC1. The van der Waals surface area contributed by atoms with E-state index in [0.717, 1.165) is 11.1 Å². The molecule has 1 saturated heterocycles. The summed E-state index contributed by atoms with van der Waals surface area (Å²) in [6.45, 7) is 2.91. The number of hydrazine groups is 1. The van der Waals surface area contributed by atoms with Crippen molar-refractivity contribution < 1.29 is 14.3 Å². The van der Waals surface area contributed by atoms with E-state index in [1.165, 1.54) is 0 Å². The van der Waals surface area contributed by atoms with Gasteiger partial charge >= 0.3 is 0 Å². The number of ether oxygens (including phenoxy) is 1. The number of aryl methyl sites for hydroxylation is 1. The van der Waals surface area contributed by atoms with Gasteiger partial charge in [-0.3, -0.25) is 20.4 Å². The van der Waals surface area contributed by atoms with Crippen molar-refractivity contribution in [3.8, 4) is 0 Å². The number of rotatable bonds is 3. The molecule has 2 N–H and O–H groups in total. The quantitative estimate of drug-likeness (QED) is 0.845. The number of nitrogens with one attached hydrogen (secondary N) is 2. The molecular weight excluding hydrogens is 316 g/mol. The van der Waals surface area contributed by atoms with Crippen LogP contribution in [0.3, 0.4) is 0 Å². The van der Waals surface area contributed by atoms with Gasteiger partial charge in [0.1, 0.15) is 0 Å². The van der Waals surface area contributed by atoms with Gasteiger partial charge in [0.15, 0.2) is 0 Å². The lowest BCUT2D eigenvalue weighted by atomic mass is 9.73. The van der Waals surface area contributed by atoms with Crippen molar-refractivity contribution in [3.05, 3.63) is 71.3 Å². The minimum atomic E-state index is -0.682. The van der Waals surface area contributed by atoms with E-state index in [1.807, 2.05) is 49.4 Å². The number of amides is 2. The lowest BCUT2D eigenvalue weighted by molar-refractivity contribution is -0.131. The Morgan fingerprint density at radius 3 is 2.24 bits per heavy atom. The minimum absolute atomic E-state index is 0.205. The fourth-order valence-corrected chi connectivity index (χ4v) is 3.25. The predicted molar refractivity (Wildman–Crippen MR) is 95.0 cm³/mol. The number of carbonyl (C=O) groups is 2. The van der Waals surface area contributed by atoms with Gasteiger partial charge in [-0.2, -0.15) is 0 Å². The topological polar surface area (TPSA) is 67.4 Å². The predicted octanol–water partition coefficient (Wildman–Crippen LogP) is 2.50. The van der Waals surface area contributed by atoms with E-state index in [2.05, 4.69) is 10.9 Å². The van der Waals surface area contributed by atoms with Gasteiger partial charge < -0.3 is 4.74 Å². The number of carbonyl (C=O) groups excluding carboxylic acids is 2. The van der Waals surface area contributed by atoms with Gasteiger partial charge in [0.05, 0.1) is 5.41 Å². The Kier molecular flexibility index (Phi) is 5.14. The molecule has 25 heavy (non-hydrogen) atoms. The summed E-state index contributed by atoms with van der Waals surface area (Å²) in [5.41, 5.74) is 6.84. The molecule has 1 aliphatic heterocycles. The number of hydrogen-bond acceptors (Lipinski definition) is 3. The Balaban J connectivity index is 1.76. The molecule has 130 valence electrons. The summed E-state index contributed by atoms with van der Waals surface area (Å²) >= 11 is 0. The van der Waals surface area contributed by atoms with Crippen molar-refractivity contribution in [1.29, 1.82) is 0 Å². The molecule has 0 unspecified atom stereocenters. The second-order valence-corrected chi connectivity index (χ2v) is 6.28. The molecule has 0 bridgehead atoms. The first-order valence-electron chi connectivity index (χ1n) is 8.43. The van der Waals surface area contributed by atoms with E-state index in [4.69, 9.17) is 4.74 Å². The molecule has 2 aromatic rings. The maximum Gasteiger partial charge on any atom is 0.269 e. The molecule has 2 aromatic carbocycles. The molecule has 3 rings (SSSR count). The Morgan fingerprint density at radius 1 is 0.920 bits per heavy atom. The molecule has 0 spiro atoms. The lowest BCUT2D eigenvalue weighted by Crippen LogP contribution is -2.53. The summed E-state index contributed by atoms with van der Waals surface area (Å²) in [6, 6.07) is 16.9. The largest absolute Gasteiger partial charge is 0.381 e. The van der Waals surface area contributed by atoms with Crippen LogP contribution in [0.5, 0.6) is 0 Å². The zero-order chi connectivity index (χ0) is 17.7. The van der Waals surface area contributed by atoms with Crippen molar-refractivity contribution in [3.63, 3.8) is 0 Å². The van der Waals surface area contributed by atoms with Crippen molar-refractivity contribution in [2.24, 2.45) is 0 Å². The molecular formula is C20H22N2O3. The maximum atomic E-state index is 13.0. The third kappa shape index (κ3) is 3.56. The van der Waals surface area contributed by atoms with Crippen LogP contribution in [0.25, 0.3) is 0 Å². The average molecular weight is 338 g/mol. The number of hydrogen-bond donors (Lipinski definition) is 2. The van der Waals surface area contributed by atoms with Crippen molar-refractivity contribution in [2.75, 3.05) is 13.2 Å². The highest BCUT2D eigenvalue weighted by Gasteiger charge is 2.41. The lowest BCUT2D eigenvalue weighted by Gasteiger charge is -2.36. The molecule has 0 atom stereocenters. The summed E-state index contributed by atoms with van der Waals surface area (Å²) in [7, 11) is 0. The molecule has 0 saturated carbocycles. The first-order chi connectivity index (χ1) is 12.1. The fourth-order valence-electron chi connectivity index (χ4n) is 3.25. The highest BCUT2D eigenvalue weighted by Crippen LogP contribution is 2.34. The normalized spacial score (nSPS) is 16.0. The molecule has 0 radical (unpaired) electrons. The second kappa shape index (κ2) is 7.49. The van der Waals surface area contributed by atoms with Crippen LogP contribution in [0.15, 0.2) is 54.6 Å². The minimum Gasteiger partial charge on any atom is -0.381 e. The highest BCUT2D eigenvalue weighted by atomic mass is 16.5. The van der Waals surface area contributed by atoms with Crippen LogP contribution in [0, 0.1) is 6.92 Å². The summed E-state index contributed by atoms with van der Waals surface area (Å²) in [4.78, 5) is 25.3. The van der Waals surface area contributed by atoms with Crippen molar-refractivity contribution in [2.45, 2.75) is 25.2 Å². The Bertz CT molecular complexity index is 753. The number of benzene rings is 2. The van der Waals surface area contributed by atoms with Gasteiger partial charge in [0, 0.05) is 18.8 Å². The maximum absolute atomic E-state index is 13.0. The van der Waals surface area contributed by atoms with Crippen molar-refractivity contribution >= 4 is 11.8 Å². The van der Waals surface area contributed by atoms with Crippen LogP contribution in [0.4, 0.5) is 0 Å². The third-order valence-corrected chi connectivity index (χ3v) is 4.79. The van der Waals surface area contributed by atoms with Gasteiger partial charge in [-0.1, -0.05) is 48.5 Å². The standard InChI is InChI=1S/C20H22N2O3/c1-15-7-5-6-10-17(15)18(23)21-22-19(24)20(11-13-25-14-12-20)16-8-3-2-4-9-16/h2-10H,11-14H2,1H3,(H,21,23)(H,22,24). The van der Waals surface area contributed by atoms with Crippen LogP contribution in [0.2, 0.25) is 0 Å².